The molecule has 0 saturated carbocycles. The summed E-state index contributed by atoms with van der Waals surface area (Å²) in [4.78, 5) is 10.5. The first-order chi connectivity index (χ1) is 11.0. The summed E-state index contributed by atoms with van der Waals surface area (Å²) in [6.07, 6.45) is 5.29. The van der Waals surface area contributed by atoms with Gasteiger partial charge in [-0.25, -0.2) is 23.1 Å². The first-order valence-corrected chi connectivity index (χ1v) is 9.22. The van der Waals surface area contributed by atoms with Crippen molar-refractivity contribution in [2.24, 2.45) is 0 Å². The second-order valence-corrected chi connectivity index (χ2v) is 7.51. The summed E-state index contributed by atoms with van der Waals surface area (Å²) in [5, 5.41) is 0.258. The van der Waals surface area contributed by atoms with Crippen LogP contribution in [0.4, 0.5) is 5.82 Å². The first-order valence-electron chi connectivity index (χ1n) is 7.36. The summed E-state index contributed by atoms with van der Waals surface area (Å²) >= 11 is 5.68. The molecule has 6 nitrogen and oxygen atoms in total. The van der Waals surface area contributed by atoms with Crippen molar-refractivity contribution >= 4 is 27.4 Å². The van der Waals surface area contributed by atoms with Crippen LogP contribution < -0.4 is 9.62 Å². The van der Waals surface area contributed by atoms with Crippen molar-refractivity contribution in [2.75, 3.05) is 18.0 Å². The Morgan fingerprint density at radius 3 is 2.65 bits per heavy atom. The molecule has 1 saturated heterocycles. The van der Waals surface area contributed by atoms with Crippen LogP contribution in [0.15, 0.2) is 41.6 Å². The van der Waals surface area contributed by atoms with Crippen LogP contribution in [0.1, 0.15) is 18.4 Å². The molecule has 0 bridgehead atoms. The van der Waals surface area contributed by atoms with Crippen LogP contribution in [-0.4, -0.2) is 31.5 Å². The molecular formula is C15H17ClN4O2S. The zero-order valence-corrected chi connectivity index (χ0v) is 14.0. The van der Waals surface area contributed by atoms with Crippen molar-refractivity contribution in [2.45, 2.75) is 24.3 Å². The lowest BCUT2D eigenvalue weighted by atomic mass is 10.2. The third kappa shape index (κ3) is 3.99. The van der Waals surface area contributed by atoms with E-state index in [4.69, 9.17) is 11.6 Å². The average Bonchev–Trinajstić information content (AvgIpc) is 3.08. The Morgan fingerprint density at radius 1 is 1.17 bits per heavy atom. The number of sulfonamides is 1. The first kappa shape index (κ1) is 16.2. The normalized spacial score (nSPS) is 15.1. The largest absolute Gasteiger partial charge is 0.357 e. The molecule has 0 atom stereocenters. The Labute approximate surface area is 140 Å². The molecule has 0 unspecified atom stereocenters. The van der Waals surface area contributed by atoms with E-state index in [1.807, 2.05) is 12.1 Å². The van der Waals surface area contributed by atoms with E-state index in [0.717, 1.165) is 24.5 Å². The zero-order valence-electron chi connectivity index (χ0n) is 12.4. The lowest BCUT2D eigenvalue weighted by Crippen LogP contribution is -2.24. The third-order valence-corrected chi connectivity index (χ3v) is 5.33. The van der Waals surface area contributed by atoms with Crippen LogP contribution in [0.5, 0.6) is 0 Å². The lowest BCUT2D eigenvalue weighted by Gasteiger charge is -2.17. The fraction of sp³-hybridized carbons (Fsp3) is 0.333. The van der Waals surface area contributed by atoms with E-state index in [9.17, 15) is 8.42 Å². The Morgan fingerprint density at radius 2 is 1.96 bits per heavy atom. The number of nitrogens with one attached hydrogen (secondary N) is 1. The number of rotatable bonds is 5. The summed E-state index contributed by atoms with van der Waals surface area (Å²) in [6.45, 7) is 2.20. The number of pyridine rings is 2. The van der Waals surface area contributed by atoms with Gasteiger partial charge >= 0.3 is 0 Å². The number of nitrogens with zero attached hydrogens (tertiary/aromatic N) is 3. The number of hydrogen-bond donors (Lipinski definition) is 1. The van der Waals surface area contributed by atoms with Gasteiger partial charge in [-0.1, -0.05) is 11.6 Å². The second kappa shape index (κ2) is 6.82. The lowest BCUT2D eigenvalue weighted by molar-refractivity contribution is 0.581. The highest BCUT2D eigenvalue weighted by Crippen LogP contribution is 2.19. The molecule has 0 aromatic carbocycles. The van der Waals surface area contributed by atoms with E-state index in [0.29, 0.717) is 0 Å². The van der Waals surface area contributed by atoms with Gasteiger partial charge in [-0.3, -0.25) is 0 Å². The van der Waals surface area contributed by atoms with Crippen molar-refractivity contribution in [3.05, 3.63) is 47.4 Å². The molecule has 3 heterocycles. The smallest absolute Gasteiger partial charge is 0.242 e. The summed E-state index contributed by atoms with van der Waals surface area (Å²) in [6, 6.07) is 6.62. The molecular weight excluding hydrogens is 336 g/mol. The van der Waals surface area contributed by atoms with Crippen molar-refractivity contribution in [1.82, 2.24) is 14.7 Å². The van der Waals surface area contributed by atoms with Gasteiger partial charge in [0.25, 0.3) is 0 Å². The Balaban J connectivity index is 1.70. The van der Waals surface area contributed by atoms with Gasteiger partial charge in [0.15, 0.2) is 0 Å². The van der Waals surface area contributed by atoms with Crippen LogP contribution in [0.2, 0.25) is 5.15 Å². The summed E-state index contributed by atoms with van der Waals surface area (Å²) in [5.74, 6) is 0.896. The van der Waals surface area contributed by atoms with Gasteiger partial charge in [0.05, 0.1) is 0 Å². The minimum absolute atomic E-state index is 0.0933. The van der Waals surface area contributed by atoms with Crippen molar-refractivity contribution in [3.8, 4) is 0 Å². The van der Waals surface area contributed by atoms with Crippen LogP contribution in [0.25, 0.3) is 0 Å². The number of aromatic nitrogens is 2. The Hall–Kier alpha value is -1.70. The molecule has 1 aliphatic heterocycles. The molecule has 0 aliphatic carbocycles. The van der Waals surface area contributed by atoms with Crippen molar-refractivity contribution < 1.29 is 8.42 Å². The van der Waals surface area contributed by atoms with Crippen molar-refractivity contribution in [1.29, 1.82) is 0 Å². The summed E-state index contributed by atoms with van der Waals surface area (Å²) in [5.41, 5.74) is 0.868. The minimum atomic E-state index is -3.61. The van der Waals surface area contributed by atoms with Gasteiger partial charge in [-0.05, 0) is 42.7 Å². The maximum absolute atomic E-state index is 12.2. The van der Waals surface area contributed by atoms with Gasteiger partial charge in [-0.2, -0.15) is 0 Å². The van der Waals surface area contributed by atoms with E-state index in [-0.39, 0.29) is 16.6 Å². The predicted molar refractivity (Wildman–Crippen MR) is 89.0 cm³/mol. The zero-order chi connectivity index (χ0) is 16.3. The fourth-order valence-electron chi connectivity index (χ4n) is 2.47. The number of halogens is 1. The molecule has 2 aromatic rings. The van der Waals surface area contributed by atoms with Gasteiger partial charge in [-0.15, -0.1) is 0 Å². The van der Waals surface area contributed by atoms with Gasteiger partial charge < -0.3 is 4.90 Å². The molecule has 0 radical (unpaired) electrons. The second-order valence-electron chi connectivity index (χ2n) is 5.36. The fourth-order valence-corrected chi connectivity index (χ4v) is 3.55. The molecule has 122 valence electrons. The van der Waals surface area contributed by atoms with Crippen molar-refractivity contribution in [3.63, 3.8) is 0 Å². The molecule has 1 N–H and O–H groups in total. The van der Waals surface area contributed by atoms with Gasteiger partial charge in [0.1, 0.15) is 15.9 Å². The molecule has 1 fully saturated rings. The molecule has 8 heteroatoms. The molecule has 0 amide bonds. The predicted octanol–water partition coefficient (Wildman–Crippen LogP) is 2.21. The minimum Gasteiger partial charge on any atom is -0.357 e. The van der Waals surface area contributed by atoms with E-state index in [2.05, 4.69) is 19.6 Å². The molecule has 3 rings (SSSR count). The van der Waals surface area contributed by atoms with E-state index in [1.165, 1.54) is 31.2 Å². The number of anilines is 1. The topological polar surface area (TPSA) is 75.2 Å². The third-order valence-electron chi connectivity index (χ3n) is 3.72. The van der Waals surface area contributed by atoms with E-state index in [1.54, 1.807) is 6.20 Å². The molecule has 0 spiro atoms. The summed E-state index contributed by atoms with van der Waals surface area (Å²) < 4.78 is 27.0. The maximum Gasteiger partial charge on any atom is 0.242 e. The van der Waals surface area contributed by atoms with Gasteiger partial charge in [0, 0.05) is 32.0 Å². The Kier molecular flexibility index (Phi) is 4.79. The summed E-state index contributed by atoms with van der Waals surface area (Å²) in [7, 11) is -3.61. The van der Waals surface area contributed by atoms with Crippen LogP contribution >= 0.6 is 11.6 Å². The van der Waals surface area contributed by atoms with Crippen LogP contribution in [0.3, 0.4) is 0 Å². The standard InChI is InChI=1S/C15H17ClN4O2S/c16-14-4-3-13(11-18-14)23(21,22)19-10-12-5-6-17-15(9-12)20-7-1-2-8-20/h3-6,9,11,19H,1-2,7-8,10H2. The average molecular weight is 353 g/mol. The highest BCUT2D eigenvalue weighted by molar-refractivity contribution is 7.89. The quantitative estimate of drug-likeness (QED) is 0.835. The highest BCUT2D eigenvalue weighted by atomic mass is 35.5. The Bertz CT molecular complexity index is 774. The van der Waals surface area contributed by atoms with E-state index >= 15 is 0 Å². The van der Waals surface area contributed by atoms with Gasteiger partial charge in [0.2, 0.25) is 10.0 Å². The van der Waals surface area contributed by atoms with Crippen LogP contribution in [0, 0.1) is 0 Å². The molecule has 1 aliphatic rings. The number of hydrogen-bond acceptors (Lipinski definition) is 5. The molecule has 2 aromatic heterocycles. The monoisotopic (exact) mass is 352 g/mol. The maximum atomic E-state index is 12.2. The van der Waals surface area contributed by atoms with Crippen LogP contribution in [-0.2, 0) is 16.6 Å². The SMILES string of the molecule is O=S(=O)(NCc1ccnc(N2CCCC2)c1)c1ccc(Cl)nc1. The van der Waals surface area contributed by atoms with E-state index < -0.39 is 10.0 Å². The highest BCUT2D eigenvalue weighted by Gasteiger charge is 2.16. The molecule has 23 heavy (non-hydrogen) atoms.